The van der Waals surface area contributed by atoms with E-state index in [2.05, 4.69) is 11.9 Å². The number of aryl methyl sites for hydroxylation is 2. The molecule has 2 heteroatoms. The monoisotopic (exact) mass is 177 g/mol. The molecule has 2 nitrogen and oxygen atoms in total. The number of nitrogens with one attached hydrogen (secondary N) is 1. The fourth-order valence-corrected chi connectivity index (χ4v) is 2.15. The lowest BCUT2D eigenvalue weighted by atomic mass is 9.86. The van der Waals surface area contributed by atoms with Crippen molar-refractivity contribution in [2.75, 3.05) is 0 Å². The molecule has 13 heavy (non-hydrogen) atoms. The van der Waals surface area contributed by atoms with Crippen molar-refractivity contribution < 1.29 is 0 Å². The van der Waals surface area contributed by atoms with Crippen molar-refractivity contribution in [1.82, 2.24) is 4.98 Å². The fraction of sp³-hybridized carbons (Fsp3) is 0.545. The number of aromatic nitrogens is 1. The number of rotatable bonds is 0. The standard InChI is InChI=1S/C11H15NO/c1-7-4-3-5-9-10(7)11(13)8(2)6-12-9/h6-7H,3-5H2,1-2H3,(H,12,13). The Morgan fingerprint density at radius 2 is 2.31 bits per heavy atom. The van der Waals surface area contributed by atoms with Gasteiger partial charge in [-0.05, 0) is 32.1 Å². The van der Waals surface area contributed by atoms with Crippen LogP contribution >= 0.6 is 0 Å². The van der Waals surface area contributed by atoms with Gasteiger partial charge in [0.05, 0.1) is 0 Å². The number of pyridine rings is 1. The van der Waals surface area contributed by atoms with Gasteiger partial charge in [0.25, 0.3) is 0 Å². The van der Waals surface area contributed by atoms with Crippen LogP contribution in [0.25, 0.3) is 0 Å². The number of aromatic amines is 1. The van der Waals surface area contributed by atoms with E-state index in [0.717, 1.165) is 29.7 Å². The van der Waals surface area contributed by atoms with E-state index in [1.165, 1.54) is 6.42 Å². The van der Waals surface area contributed by atoms with E-state index in [1.807, 2.05) is 13.1 Å². The molecule has 1 atom stereocenters. The molecule has 0 radical (unpaired) electrons. The Labute approximate surface area is 78.0 Å². The number of hydrogen-bond donors (Lipinski definition) is 1. The quantitative estimate of drug-likeness (QED) is 0.647. The molecule has 0 aliphatic heterocycles. The predicted molar refractivity (Wildman–Crippen MR) is 53.2 cm³/mol. The van der Waals surface area contributed by atoms with Crippen LogP contribution in [0.1, 0.15) is 42.5 Å². The summed E-state index contributed by atoms with van der Waals surface area (Å²) >= 11 is 0. The first-order chi connectivity index (χ1) is 6.20. The SMILES string of the molecule is Cc1c[nH]c2c(c1=O)C(C)CCC2. The molecule has 1 heterocycles. The molecule has 0 fully saturated rings. The summed E-state index contributed by atoms with van der Waals surface area (Å²) in [6.07, 6.45) is 5.22. The van der Waals surface area contributed by atoms with Gasteiger partial charge < -0.3 is 4.98 Å². The van der Waals surface area contributed by atoms with Crippen LogP contribution in [-0.2, 0) is 6.42 Å². The predicted octanol–water partition coefficient (Wildman–Crippen LogP) is 2.12. The number of hydrogen-bond acceptors (Lipinski definition) is 1. The lowest BCUT2D eigenvalue weighted by molar-refractivity contribution is 0.574. The van der Waals surface area contributed by atoms with Gasteiger partial charge in [0.1, 0.15) is 0 Å². The van der Waals surface area contributed by atoms with Crippen LogP contribution in [0.3, 0.4) is 0 Å². The Balaban J connectivity index is 2.65. The van der Waals surface area contributed by atoms with Crippen LogP contribution in [-0.4, -0.2) is 4.98 Å². The molecule has 1 aliphatic carbocycles. The summed E-state index contributed by atoms with van der Waals surface area (Å²) in [6, 6.07) is 0. The summed E-state index contributed by atoms with van der Waals surface area (Å²) in [4.78, 5) is 15.0. The highest BCUT2D eigenvalue weighted by molar-refractivity contribution is 5.29. The second kappa shape index (κ2) is 3.02. The highest BCUT2D eigenvalue weighted by Gasteiger charge is 2.20. The Bertz CT molecular complexity index is 378. The average molecular weight is 177 g/mol. The minimum atomic E-state index is 0.251. The maximum absolute atomic E-state index is 11.8. The summed E-state index contributed by atoms with van der Waals surface area (Å²) < 4.78 is 0. The van der Waals surface area contributed by atoms with Crippen LogP contribution in [0.2, 0.25) is 0 Å². The van der Waals surface area contributed by atoms with E-state index in [-0.39, 0.29) is 5.43 Å². The maximum atomic E-state index is 11.8. The first-order valence-corrected chi connectivity index (χ1v) is 4.91. The zero-order valence-electron chi connectivity index (χ0n) is 8.18. The lowest BCUT2D eigenvalue weighted by Crippen LogP contribution is -2.22. The van der Waals surface area contributed by atoms with E-state index in [9.17, 15) is 4.79 Å². The van der Waals surface area contributed by atoms with Crippen LogP contribution in [0.5, 0.6) is 0 Å². The normalized spacial score (nSPS) is 21.2. The summed E-state index contributed by atoms with van der Waals surface area (Å²) in [5, 5.41) is 0. The molecule has 0 bridgehead atoms. The molecule has 1 unspecified atom stereocenters. The lowest BCUT2D eigenvalue weighted by Gasteiger charge is -2.21. The third kappa shape index (κ3) is 1.30. The Morgan fingerprint density at radius 3 is 3.08 bits per heavy atom. The molecule has 0 aromatic carbocycles. The summed E-state index contributed by atoms with van der Waals surface area (Å²) in [7, 11) is 0. The zero-order valence-corrected chi connectivity index (χ0v) is 8.18. The molecule has 2 rings (SSSR count). The van der Waals surface area contributed by atoms with Crippen molar-refractivity contribution in [3.63, 3.8) is 0 Å². The van der Waals surface area contributed by atoms with Gasteiger partial charge in [-0.25, -0.2) is 0 Å². The van der Waals surface area contributed by atoms with Crippen molar-refractivity contribution in [2.24, 2.45) is 0 Å². The fourth-order valence-electron chi connectivity index (χ4n) is 2.15. The first kappa shape index (κ1) is 8.54. The highest BCUT2D eigenvalue weighted by Crippen LogP contribution is 2.27. The van der Waals surface area contributed by atoms with Crippen molar-refractivity contribution >= 4 is 0 Å². The van der Waals surface area contributed by atoms with E-state index in [0.29, 0.717) is 5.92 Å². The van der Waals surface area contributed by atoms with Crippen LogP contribution in [0.15, 0.2) is 11.0 Å². The highest BCUT2D eigenvalue weighted by atomic mass is 16.1. The number of H-pyrrole nitrogens is 1. The molecule has 1 aliphatic rings. The minimum absolute atomic E-state index is 0.251. The molecule has 0 amide bonds. The van der Waals surface area contributed by atoms with E-state index >= 15 is 0 Å². The molecule has 1 aromatic heterocycles. The van der Waals surface area contributed by atoms with Gasteiger partial charge in [0.2, 0.25) is 0 Å². The van der Waals surface area contributed by atoms with Gasteiger partial charge in [-0.3, -0.25) is 4.79 Å². The smallest absolute Gasteiger partial charge is 0.188 e. The average Bonchev–Trinajstić information content (AvgIpc) is 2.12. The third-order valence-corrected chi connectivity index (χ3v) is 2.95. The van der Waals surface area contributed by atoms with Gasteiger partial charge in [0.15, 0.2) is 5.43 Å². The molecule has 70 valence electrons. The van der Waals surface area contributed by atoms with Crippen molar-refractivity contribution in [1.29, 1.82) is 0 Å². The third-order valence-electron chi connectivity index (χ3n) is 2.95. The molecule has 0 saturated heterocycles. The Hall–Kier alpha value is -1.05. The summed E-state index contributed by atoms with van der Waals surface area (Å²) in [5.74, 6) is 0.437. The van der Waals surface area contributed by atoms with Crippen molar-refractivity contribution in [2.45, 2.75) is 39.0 Å². The Morgan fingerprint density at radius 1 is 1.54 bits per heavy atom. The van der Waals surface area contributed by atoms with Crippen molar-refractivity contribution in [3.05, 3.63) is 33.2 Å². The van der Waals surface area contributed by atoms with Crippen LogP contribution < -0.4 is 5.43 Å². The maximum Gasteiger partial charge on any atom is 0.188 e. The number of fused-ring (bicyclic) bond motifs is 1. The molecule has 1 N–H and O–H groups in total. The van der Waals surface area contributed by atoms with Gasteiger partial charge in [0, 0.05) is 23.0 Å². The zero-order chi connectivity index (χ0) is 9.42. The molecule has 0 saturated carbocycles. The van der Waals surface area contributed by atoms with Gasteiger partial charge in [-0.15, -0.1) is 0 Å². The molecule has 0 spiro atoms. The van der Waals surface area contributed by atoms with Gasteiger partial charge in [-0.1, -0.05) is 6.92 Å². The van der Waals surface area contributed by atoms with E-state index < -0.39 is 0 Å². The summed E-state index contributed by atoms with van der Waals surface area (Å²) in [6.45, 7) is 4.02. The molecule has 1 aromatic rings. The largest absolute Gasteiger partial charge is 0.364 e. The topological polar surface area (TPSA) is 32.9 Å². The van der Waals surface area contributed by atoms with Crippen molar-refractivity contribution in [3.8, 4) is 0 Å². The minimum Gasteiger partial charge on any atom is -0.364 e. The molecular weight excluding hydrogens is 162 g/mol. The second-order valence-corrected chi connectivity index (χ2v) is 3.99. The summed E-state index contributed by atoms with van der Waals surface area (Å²) in [5.41, 5.74) is 3.29. The van der Waals surface area contributed by atoms with E-state index in [4.69, 9.17) is 0 Å². The van der Waals surface area contributed by atoms with Gasteiger partial charge in [-0.2, -0.15) is 0 Å². The molecular formula is C11H15NO. The van der Waals surface area contributed by atoms with Crippen LogP contribution in [0, 0.1) is 6.92 Å². The Kier molecular flexibility index (Phi) is 1.98. The first-order valence-electron chi connectivity index (χ1n) is 4.91. The van der Waals surface area contributed by atoms with Gasteiger partial charge >= 0.3 is 0 Å². The second-order valence-electron chi connectivity index (χ2n) is 3.99. The van der Waals surface area contributed by atoms with Crippen LogP contribution in [0.4, 0.5) is 0 Å². The van der Waals surface area contributed by atoms with E-state index in [1.54, 1.807) is 0 Å².